The normalized spacial score (nSPS) is 40.1. The number of hydrogen-bond acceptors (Lipinski definition) is 3. The minimum Gasteiger partial charge on any atom is -0.391 e. The van der Waals surface area contributed by atoms with E-state index in [1.54, 1.807) is 4.90 Å². The van der Waals surface area contributed by atoms with Crippen molar-refractivity contribution in [3.05, 3.63) is 0 Å². The van der Waals surface area contributed by atoms with Crippen LogP contribution in [0.15, 0.2) is 0 Å². The van der Waals surface area contributed by atoms with Gasteiger partial charge in [0.05, 0.1) is 12.0 Å². The van der Waals surface area contributed by atoms with Crippen LogP contribution < -0.4 is 5.73 Å². The number of β-amino-alcohol motifs (C(OH)–C–C–N with tert-alkyl or cyclic N) is 1. The van der Waals surface area contributed by atoms with Gasteiger partial charge in [-0.3, -0.25) is 4.79 Å². The van der Waals surface area contributed by atoms with Gasteiger partial charge in [0.2, 0.25) is 5.91 Å². The van der Waals surface area contributed by atoms with E-state index in [1.807, 2.05) is 0 Å². The highest BCUT2D eigenvalue weighted by Crippen LogP contribution is 2.30. The van der Waals surface area contributed by atoms with E-state index in [9.17, 15) is 9.90 Å². The lowest BCUT2D eigenvalue weighted by Crippen LogP contribution is -2.48. The second-order valence-electron chi connectivity index (χ2n) is 5.32. The van der Waals surface area contributed by atoms with Crippen molar-refractivity contribution >= 4 is 5.91 Å². The number of carbonyl (C=O) groups excluding carboxylic acids is 1. The number of aliphatic hydroxyl groups excluding tert-OH is 1. The first-order valence-electron chi connectivity index (χ1n) is 6.32. The summed E-state index contributed by atoms with van der Waals surface area (Å²) in [4.78, 5) is 14.0. The van der Waals surface area contributed by atoms with Crippen LogP contribution in [0, 0.1) is 11.8 Å². The maximum atomic E-state index is 12.2. The Hall–Kier alpha value is -0.610. The average Bonchev–Trinajstić information content (AvgIpc) is 2.68. The van der Waals surface area contributed by atoms with E-state index in [1.165, 1.54) is 0 Å². The summed E-state index contributed by atoms with van der Waals surface area (Å²) in [5, 5.41) is 9.44. The van der Waals surface area contributed by atoms with Crippen LogP contribution >= 0.6 is 0 Å². The molecule has 0 radical (unpaired) electrons. The maximum Gasteiger partial charge on any atom is 0.227 e. The standard InChI is InChI=1S/C12H22N2O2/c1-8-3-2-4-10(11(8)13)12(16)14-6-5-9(15)7-14/h8-11,15H,2-7,13H2,1H3. The van der Waals surface area contributed by atoms with Gasteiger partial charge in [0.15, 0.2) is 0 Å². The molecule has 0 aromatic carbocycles. The third-order valence-corrected chi connectivity index (χ3v) is 4.09. The molecule has 1 aliphatic carbocycles. The first-order valence-corrected chi connectivity index (χ1v) is 6.32. The van der Waals surface area contributed by atoms with Gasteiger partial charge in [0.1, 0.15) is 0 Å². The number of amides is 1. The smallest absolute Gasteiger partial charge is 0.227 e. The number of aliphatic hydroxyl groups is 1. The van der Waals surface area contributed by atoms with Gasteiger partial charge in [-0.1, -0.05) is 13.3 Å². The molecule has 92 valence electrons. The molecule has 1 heterocycles. The third kappa shape index (κ3) is 2.23. The van der Waals surface area contributed by atoms with E-state index in [4.69, 9.17) is 5.73 Å². The number of nitrogens with zero attached hydrogens (tertiary/aromatic N) is 1. The second kappa shape index (κ2) is 4.72. The van der Waals surface area contributed by atoms with Crippen molar-refractivity contribution in [2.45, 2.75) is 44.8 Å². The maximum absolute atomic E-state index is 12.2. The highest BCUT2D eigenvalue weighted by molar-refractivity contribution is 5.80. The van der Waals surface area contributed by atoms with Crippen LogP contribution in [0.4, 0.5) is 0 Å². The zero-order chi connectivity index (χ0) is 11.7. The van der Waals surface area contributed by atoms with Gasteiger partial charge >= 0.3 is 0 Å². The molecule has 0 bridgehead atoms. The van der Waals surface area contributed by atoms with Gasteiger partial charge in [0, 0.05) is 19.1 Å². The van der Waals surface area contributed by atoms with E-state index in [-0.39, 0.29) is 24.0 Å². The van der Waals surface area contributed by atoms with Crippen molar-refractivity contribution in [2.24, 2.45) is 17.6 Å². The molecule has 2 aliphatic rings. The van der Waals surface area contributed by atoms with Crippen molar-refractivity contribution < 1.29 is 9.90 Å². The Morgan fingerprint density at radius 2 is 2.12 bits per heavy atom. The molecule has 0 aromatic rings. The van der Waals surface area contributed by atoms with Crippen LogP contribution in [-0.2, 0) is 4.79 Å². The molecule has 4 nitrogen and oxygen atoms in total. The molecule has 0 aromatic heterocycles. The molecule has 16 heavy (non-hydrogen) atoms. The molecular weight excluding hydrogens is 204 g/mol. The first kappa shape index (κ1) is 11.9. The molecular formula is C12H22N2O2. The predicted molar refractivity (Wildman–Crippen MR) is 61.7 cm³/mol. The molecule has 1 saturated carbocycles. The molecule has 1 saturated heterocycles. The van der Waals surface area contributed by atoms with E-state index in [2.05, 4.69) is 6.92 Å². The molecule has 3 N–H and O–H groups in total. The van der Waals surface area contributed by atoms with Crippen LogP contribution in [0.3, 0.4) is 0 Å². The summed E-state index contributed by atoms with van der Waals surface area (Å²) in [6.07, 6.45) is 3.52. The van der Waals surface area contributed by atoms with E-state index >= 15 is 0 Å². The van der Waals surface area contributed by atoms with Crippen LogP contribution in [0.25, 0.3) is 0 Å². The summed E-state index contributed by atoms with van der Waals surface area (Å²) >= 11 is 0. The molecule has 4 heteroatoms. The topological polar surface area (TPSA) is 66.6 Å². The van der Waals surface area contributed by atoms with Gasteiger partial charge < -0.3 is 15.7 Å². The van der Waals surface area contributed by atoms with Gasteiger partial charge in [-0.25, -0.2) is 0 Å². The van der Waals surface area contributed by atoms with Crippen LogP contribution in [0.2, 0.25) is 0 Å². The lowest BCUT2D eigenvalue weighted by atomic mass is 9.77. The van der Waals surface area contributed by atoms with E-state index in [0.717, 1.165) is 19.3 Å². The van der Waals surface area contributed by atoms with E-state index < -0.39 is 0 Å². The van der Waals surface area contributed by atoms with Crippen LogP contribution in [0.5, 0.6) is 0 Å². The fourth-order valence-electron chi connectivity index (χ4n) is 2.91. The fourth-order valence-corrected chi connectivity index (χ4v) is 2.91. The largest absolute Gasteiger partial charge is 0.391 e. The zero-order valence-corrected chi connectivity index (χ0v) is 9.93. The zero-order valence-electron chi connectivity index (χ0n) is 9.93. The summed E-state index contributed by atoms with van der Waals surface area (Å²) in [6, 6.07) is -0.000933. The summed E-state index contributed by atoms with van der Waals surface area (Å²) in [7, 11) is 0. The highest BCUT2D eigenvalue weighted by atomic mass is 16.3. The van der Waals surface area contributed by atoms with Crippen LogP contribution in [-0.4, -0.2) is 41.1 Å². The predicted octanol–water partition coefficient (Wildman–Crippen LogP) is 0.343. The lowest BCUT2D eigenvalue weighted by Gasteiger charge is -2.35. The summed E-state index contributed by atoms with van der Waals surface area (Å²) in [5.41, 5.74) is 6.12. The summed E-state index contributed by atoms with van der Waals surface area (Å²) in [5.74, 6) is 0.583. The Morgan fingerprint density at radius 1 is 1.38 bits per heavy atom. The van der Waals surface area contributed by atoms with Gasteiger partial charge in [-0.15, -0.1) is 0 Å². The number of carbonyl (C=O) groups is 1. The average molecular weight is 226 g/mol. The molecule has 0 spiro atoms. The molecule has 4 atom stereocenters. The molecule has 2 rings (SSSR count). The Kier molecular flexibility index (Phi) is 3.50. The molecule has 1 amide bonds. The number of likely N-dealkylation sites (tertiary alicyclic amines) is 1. The first-order chi connectivity index (χ1) is 7.59. The Labute approximate surface area is 96.8 Å². The van der Waals surface area contributed by atoms with Crippen molar-refractivity contribution in [1.82, 2.24) is 4.90 Å². The second-order valence-corrected chi connectivity index (χ2v) is 5.32. The highest BCUT2D eigenvalue weighted by Gasteiger charge is 2.37. The van der Waals surface area contributed by atoms with E-state index in [0.29, 0.717) is 25.4 Å². The fraction of sp³-hybridized carbons (Fsp3) is 0.917. The van der Waals surface area contributed by atoms with Crippen molar-refractivity contribution in [2.75, 3.05) is 13.1 Å². The van der Waals surface area contributed by atoms with Crippen molar-refractivity contribution in [3.8, 4) is 0 Å². The van der Waals surface area contributed by atoms with Gasteiger partial charge in [0.25, 0.3) is 0 Å². The Morgan fingerprint density at radius 3 is 2.75 bits per heavy atom. The Bertz CT molecular complexity index is 270. The van der Waals surface area contributed by atoms with Crippen molar-refractivity contribution in [3.63, 3.8) is 0 Å². The summed E-state index contributed by atoms with van der Waals surface area (Å²) < 4.78 is 0. The lowest BCUT2D eigenvalue weighted by molar-refractivity contribution is -0.137. The Balaban J connectivity index is 1.98. The number of rotatable bonds is 1. The van der Waals surface area contributed by atoms with Gasteiger partial charge in [-0.2, -0.15) is 0 Å². The molecule has 1 aliphatic heterocycles. The quantitative estimate of drug-likeness (QED) is 0.677. The third-order valence-electron chi connectivity index (χ3n) is 4.09. The SMILES string of the molecule is CC1CCCC(C(=O)N2CCC(O)C2)C1N. The minimum absolute atomic E-state index is 0.000933. The molecule has 4 unspecified atom stereocenters. The minimum atomic E-state index is -0.332. The summed E-state index contributed by atoms with van der Waals surface area (Å²) in [6.45, 7) is 3.32. The monoisotopic (exact) mass is 226 g/mol. The molecule has 2 fully saturated rings. The number of hydrogen-bond donors (Lipinski definition) is 2. The van der Waals surface area contributed by atoms with Crippen LogP contribution in [0.1, 0.15) is 32.6 Å². The van der Waals surface area contributed by atoms with Crippen molar-refractivity contribution in [1.29, 1.82) is 0 Å². The van der Waals surface area contributed by atoms with Gasteiger partial charge in [-0.05, 0) is 25.2 Å². The number of nitrogens with two attached hydrogens (primary N) is 1.